The van der Waals surface area contributed by atoms with Crippen molar-refractivity contribution in [1.82, 2.24) is 10.6 Å². The molecule has 5 heteroatoms. The van der Waals surface area contributed by atoms with Crippen LogP contribution in [0.3, 0.4) is 0 Å². The van der Waals surface area contributed by atoms with Crippen LogP contribution in [0.4, 0.5) is 5.69 Å². The highest BCUT2D eigenvalue weighted by Gasteiger charge is 2.17. The van der Waals surface area contributed by atoms with Crippen LogP contribution in [-0.2, 0) is 13.0 Å². The SMILES string of the molecule is CCNC(=O)c1cccc(CNC(=O)c2ccc3c(c2)CCN3C)c1. The Labute approximate surface area is 148 Å². The number of hydrogen-bond donors (Lipinski definition) is 2. The third kappa shape index (κ3) is 3.82. The second kappa shape index (κ2) is 7.38. The smallest absolute Gasteiger partial charge is 0.251 e. The fourth-order valence-electron chi connectivity index (χ4n) is 3.08. The van der Waals surface area contributed by atoms with E-state index in [1.54, 1.807) is 6.07 Å². The first-order valence-electron chi connectivity index (χ1n) is 8.58. The maximum atomic E-state index is 12.4. The Morgan fingerprint density at radius 1 is 1.04 bits per heavy atom. The van der Waals surface area contributed by atoms with E-state index in [9.17, 15) is 9.59 Å². The van der Waals surface area contributed by atoms with Crippen molar-refractivity contribution in [3.63, 3.8) is 0 Å². The summed E-state index contributed by atoms with van der Waals surface area (Å²) >= 11 is 0. The normalized spacial score (nSPS) is 12.6. The highest BCUT2D eigenvalue weighted by Crippen LogP contribution is 2.27. The van der Waals surface area contributed by atoms with E-state index >= 15 is 0 Å². The van der Waals surface area contributed by atoms with E-state index in [2.05, 4.69) is 22.6 Å². The molecule has 130 valence electrons. The summed E-state index contributed by atoms with van der Waals surface area (Å²) in [5.41, 5.74) is 4.60. The molecule has 0 saturated heterocycles. The predicted molar refractivity (Wildman–Crippen MR) is 99.0 cm³/mol. The van der Waals surface area contributed by atoms with Gasteiger partial charge in [0.25, 0.3) is 11.8 Å². The van der Waals surface area contributed by atoms with Gasteiger partial charge in [-0.2, -0.15) is 0 Å². The number of fused-ring (bicyclic) bond motifs is 1. The molecule has 0 unspecified atom stereocenters. The zero-order valence-electron chi connectivity index (χ0n) is 14.6. The molecule has 2 aromatic carbocycles. The molecule has 0 atom stereocenters. The number of amides is 2. The van der Waals surface area contributed by atoms with Gasteiger partial charge in [-0.05, 0) is 54.8 Å². The van der Waals surface area contributed by atoms with Crippen LogP contribution >= 0.6 is 0 Å². The molecule has 2 N–H and O–H groups in total. The number of carbonyl (C=O) groups is 2. The average molecular weight is 337 g/mol. The minimum atomic E-state index is -0.0987. The van der Waals surface area contributed by atoms with E-state index in [0.29, 0.717) is 24.2 Å². The second-order valence-corrected chi connectivity index (χ2v) is 6.26. The van der Waals surface area contributed by atoms with Crippen molar-refractivity contribution < 1.29 is 9.59 Å². The molecule has 2 aromatic rings. The number of carbonyl (C=O) groups excluding carboxylic acids is 2. The first-order chi connectivity index (χ1) is 12.1. The zero-order chi connectivity index (χ0) is 17.8. The number of likely N-dealkylation sites (N-methyl/N-ethyl adjacent to an activating group) is 1. The Morgan fingerprint density at radius 2 is 1.80 bits per heavy atom. The van der Waals surface area contributed by atoms with E-state index in [4.69, 9.17) is 0 Å². The van der Waals surface area contributed by atoms with Crippen molar-refractivity contribution in [1.29, 1.82) is 0 Å². The molecule has 0 bridgehead atoms. The lowest BCUT2D eigenvalue weighted by Gasteiger charge is -2.12. The van der Waals surface area contributed by atoms with Gasteiger partial charge >= 0.3 is 0 Å². The third-order valence-corrected chi connectivity index (χ3v) is 4.45. The van der Waals surface area contributed by atoms with Gasteiger partial charge in [0.2, 0.25) is 0 Å². The topological polar surface area (TPSA) is 61.4 Å². The molecule has 2 amide bonds. The molecule has 3 rings (SSSR count). The summed E-state index contributed by atoms with van der Waals surface area (Å²) in [6, 6.07) is 13.2. The van der Waals surface area contributed by atoms with Crippen LogP contribution in [0.15, 0.2) is 42.5 Å². The Kier molecular flexibility index (Phi) is 5.03. The molecule has 25 heavy (non-hydrogen) atoms. The Balaban J connectivity index is 1.65. The Hall–Kier alpha value is -2.82. The number of nitrogens with zero attached hydrogens (tertiary/aromatic N) is 1. The van der Waals surface area contributed by atoms with Crippen molar-refractivity contribution in [3.05, 3.63) is 64.7 Å². The van der Waals surface area contributed by atoms with Gasteiger partial charge in [-0.3, -0.25) is 9.59 Å². The average Bonchev–Trinajstić information content (AvgIpc) is 3.00. The monoisotopic (exact) mass is 337 g/mol. The van der Waals surface area contributed by atoms with Crippen LogP contribution in [-0.4, -0.2) is 32.0 Å². The standard InChI is InChI=1S/C20H23N3O2/c1-3-21-19(24)16-6-4-5-14(11-16)13-22-20(25)17-7-8-18-15(12-17)9-10-23(18)2/h4-8,11-12H,3,9-10,13H2,1-2H3,(H,21,24)(H,22,25). The lowest BCUT2D eigenvalue weighted by atomic mass is 10.1. The van der Waals surface area contributed by atoms with Gasteiger partial charge in [0.15, 0.2) is 0 Å². The van der Waals surface area contributed by atoms with Crippen molar-refractivity contribution >= 4 is 17.5 Å². The van der Waals surface area contributed by atoms with Crippen LogP contribution in [0.1, 0.15) is 38.8 Å². The van der Waals surface area contributed by atoms with Gasteiger partial charge in [-0.1, -0.05) is 12.1 Å². The van der Waals surface area contributed by atoms with Crippen LogP contribution in [0.2, 0.25) is 0 Å². The molecule has 0 saturated carbocycles. The van der Waals surface area contributed by atoms with Gasteiger partial charge in [-0.15, -0.1) is 0 Å². The van der Waals surface area contributed by atoms with E-state index in [1.165, 1.54) is 11.3 Å². The summed E-state index contributed by atoms with van der Waals surface area (Å²) in [4.78, 5) is 26.5. The van der Waals surface area contributed by atoms with Crippen molar-refractivity contribution in [2.24, 2.45) is 0 Å². The molecule has 0 aromatic heterocycles. The third-order valence-electron chi connectivity index (χ3n) is 4.45. The summed E-state index contributed by atoms with van der Waals surface area (Å²) in [6.07, 6.45) is 0.974. The fraction of sp³-hybridized carbons (Fsp3) is 0.300. The van der Waals surface area contributed by atoms with Crippen LogP contribution in [0.5, 0.6) is 0 Å². The summed E-state index contributed by atoms with van der Waals surface area (Å²) in [7, 11) is 2.06. The summed E-state index contributed by atoms with van der Waals surface area (Å²) < 4.78 is 0. The molecule has 1 heterocycles. The van der Waals surface area contributed by atoms with Crippen LogP contribution in [0.25, 0.3) is 0 Å². The molecular formula is C20H23N3O2. The minimum Gasteiger partial charge on any atom is -0.374 e. The molecule has 1 aliphatic heterocycles. The van der Waals surface area contributed by atoms with Crippen molar-refractivity contribution in [2.75, 3.05) is 25.0 Å². The quantitative estimate of drug-likeness (QED) is 0.880. The highest BCUT2D eigenvalue weighted by molar-refractivity contribution is 5.95. The predicted octanol–water partition coefficient (Wildman–Crippen LogP) is 2.36. The van der Waals surface area contributed by atoms with Crippen molar-refractivity contribution in [3.8, 4) is 0 Å². The number of benzene rings is 2. The van der Waals surface area contributed by atoms with E-state index < -0.39 is 0 Å². The maximum Gasteiger partial charge on any atom is 0.251 e. The summed E-state index contributed by atoms with van der Waals surface area (Å²) in [5.74, 6) is -0.195. The Bertz CT molecular complexity index is 801. The van der Waals surface area contributed by atoms with E-state index in [1.807, 2.05) is 43.3 Å². The minimum absolute atomic E-state index is 0.0965. The van der Waals surface area contributed by atoms with Gasteiger partial charge in [0, 0.05) is 43.5 Å². The van der Waals surface area contributed by atoms with Crippen LogP contribution in [0, 0.1) is 0 Å². The van der Waals surface area contributed by atoms with Gasteiger partial charge < -0.3 is 15.5 Å². The maximum absolute atomic E-state index is 12.4. The number of nitrogens with one attached hydrogen (secondary N) is 2. The molecule has 0 spiro atoms. The van der Waals surface area contributed by atoms with E-state index in [0.717, 1.165) is 18.5 Å². The second-order valence-electron chi connectivity index (χ2n) is 6.26. The van der Waals surface area contributed by atoms with Crippen LogP contribution < -0.4 is 15.5 Å². The number of hydrogen-bond acceptors (Lipinski definition) is 3. The van der Waals surface area contributed by atoms with Gasteiger partial charge in [-0.25, -0.2) is 0 Å². The first kappa shape index (κ1) is 17.0. The Morgan fingerprint density at radius 3 is 2.60 bits per heavy atom. The highest BCUT2D eigenvalue weighted by atomic mass is 16.2. The largest absolute Gasteiger partial charge is 0.374 e. The van der Waals surface area contributed by atoms with E-state index in [-0.39, 0.29) is 11.8 Å². The lowest BCUT2D eigenvalue weighted by Crippen LogP contribution is -2.24. The zero-order valence-corrected chi connectivity index (χ0v) is 14.6. The molecule has 0 radical (unpaired) electrons. The molecule has 0 fully saturated rings. The summed E-state index contributed by atoms with van der Waals surface area (Å²) in [5, 5.41) is 5.71. The lowest BCUT2D eigenvalue weighted by molar-refractivity contribution is 0.0947. The fourth-order valence-corrected chi connectivity index (χ4v) is 3.08. The number of rotatable bonds is 5. The molecule has 5 nitrogen and oxygen atoms in total. The number of anilines is 1. The molecule has 0 aliphatic carbocycles. The summed E-state index contributed by atoms with van der Waals surface area (Å²) in [6.45, 7) is 3.86. The van der Waals surface area contributed by atoms with Crippen molar-refractivity contribution in [2.45, 2.75) is 19.9 Å². The van der Waals surface area contributed by atoms with Gasteiger partial charge in [0.05, 0.1) is 0 Å². The molecule has 1 aliphatic rings. The van der Waals surface area contributed by atoms with Gasteiger partial charge in [0.1, 0.15) is 0 Å². The molecular weight excluding hydrogens is 314 g/mol. The first-order valence-corrected chi connectivity index (χ1v) is 8.58.